The topological polar surface area (TPSA) is 70.0 Å². The van der Waals surface area contributed by atoms with Crippen LogP contribution in [-0.2, 0) is 9.53 Å². The van der Waals surface area contributed by atoms with Crippen LogP contribution in [0.25, 0.3) is 0 Å². The van der Waals surface area contributed by atoms with E-state index in [4.69, 9.17) is 14.9 Å². The molecule has 1 rings (SSSR count). The molecule has 1 aliphatic rings. The van der Waals surface area contributed by atoms with Crippen LogP contribution < -0.4 is 0 Å². The van der Waals surface area contributed by atoms with Gasteiger partial charge in [-0.05, 0) is 6.92 Å². The lowest BCUT2D eigenvalue weighted by Gasteiger charge is -2.34. The van der Waals surface area contributed by atoms with Gasteiger partial charge in [0.1, 0.15) is 0 Å². The van der Waals surface area contributed by atoms with Crippen molar-refractivity contribution in [2.75, 3.05) is 26.2 Å². The second-order valence-electron chi connectivity index (χ2n) is 3.34. The molecule has 0 spiro atoms. The molecular weight excluding hydrogens is 174 g/mol. The molecular formula is C8H15NO4. The average molecular weight is 189 g/mol. The van der Waals surface area contributed by atoms with Gasteiger partial charge in [-0.15, -0.1) is 0 Å². The van der Waals surface area contributed by atoms with Crippen LogP contribution in [0.2, 0.25) is 0 Å². The van der Waals surface area contributed by atoms with Gasteiger partial charge in [-0.25, -0.2) is 0 Å². The number of carboxylic acids is 1. The molecule has 5 heteroatoms. The molecule has 2 atom stereocenters. The molecule has 0 bridgehead atoms. The number of aliphatic carboxylic acids is 1. The highest BCUT2D eigenvalue weighted by molar-refractivity contribution is 5.69. The summed E-state index contributed by atoms with van der Waals surface area (Å²) in [5.41, 5.74) is 0. The van der Waals surface area contributed by atoms with E-state index in [1.807, 2.05) is 6.92 Å². The predicted octanol–water partition coefficient (Wildman–Crippen LogP) is -0.847. The number of ether oxygens (including phenoxy) is 1. The van der Waals surface area contributed by atoms with E-state index in [0.29, 0.717) is 13.1 Å². The molecule has 1 fully saturated rings. The summed E-state index contributed by atoms with van der Waals surface area (Å²) in [7, 11) is 0. The number of hydrogen-bond donors (Lipinski definition) is 2. The number of morpholine rings is 1. The highest BCUT2D eigenvalue weighted by atomic mass is 16.5. The number of rotatable bonds is 3. The standard InChI is InChI=1S/C8H15NO4/c1-6-2-9(4-8(11)12)3-7(5-10)13-6/h6-7,10H,2-5H2,1H3,(H,11,12). The van der Waals surface area contributed by atoms with Crippen LogP contribution in [0, 0.1) is 0 Å². The first-order valence-corrected chi connectivity index (χ1v) is 4.32. The quantitative estimate of drug-likeness (QED) is 0.605. The van der Waals surface area contributed by atoms with Crippen LogP contribution >= 0.6 is 0 Å². The van der Waals surface area contributed by atoms with Crippen LogP contribution in [0.3, 0.4) is 0 Å². The molecule has 0 aromatic heterocycles. The lowest BCUT2D eigenvalue weighted by atomic mass is 10.2. The number of carbonyl (C=O) groups is 1. The van der Waals surface area contributed by atoms with Crippen LogP contribution in [0.15, 0.2) is 0 Å². The van der Waals surface area contributed by atoms with Gasteiger partial charge < -0.3 is 14.9 Å². The Bertz CT molecular complexity index is 185. The second kappa shape index (κ2) is 4.55. The van der Waals surface area contributed by atoms with Crippen LogP contribution in [0.5, 0.6) is 0 Å². The van der Waals surface area contributed by atoms with E-state index < -0.39 is 5.97 Å². The Hall–Kier alpha value is -0.650. The fourth-order valence-electron chi connectivity index (χ4n) is 1.56. The summed E-state index contributed by atoms with van der Waals surface area (Å²) in [6.07, 6.45) is -0.256. The molecule has 1 aliphatic heterocycles. The summed E-state index contributed by atoms with van der Waals surface area (Å²) in [4.78, 5) is 12.2. The minimum absolute atomic E-state index is 0.00903. The van der Waals surface area contributed by atoms with Gasteiger partial charge in [0.2, 0.25) is 0 Å². The van der Waals surface area contributed by atoms with Crippen LogP contribution in [0.4, 0.5) is 0 Å². The van der Waals surface area contributed by atoms with Crippen molar-refractivity contribution >= 4 is 5.97 Å². The van der Waals surface area contributed by atoms with E-state index >= 15 is 0 Å². The second-order valence-corrected chi connectivity index (χ2v) is 3.34. The zero-order valence-electron chi connectivity index (χ0n) is 7.64. The number of hydrogen-bond acceptors (Lipinski definition) is 4. The Morgan fingerprint density at radius 2 is 2.31 bits per heavy atom. The van der Waals surface area contributed by atoms with Gasteiger partial charge in [-0.1, -0.05) is 0 Å². The number of aliphatic hydroxyl groups is 1. The van der Waals surface area contributed by atoms with Gasteiger partial charge in [0, 0.05) is 13.1 Å². The third-order valence-electron chi connectivity index (χ3n) is 1.96. The first-order chi connectivity index (χ1) is 6.11. The zero-order chi connectivity index (χ0) is 9.84. The molecule has 2 N–H and O–H groups in total. The molecule has 2 unspecified atom stereocenters. The Morgan fingerprint density at radius 1 is 1.62 bits per heavy atom. The maximum Gasteiger partial charge on any atom is 0.317 e. The van der Waals surface area contributed by atoms with E-state index in [0.717, 1.165) is 0 Å². The smallest absolute Gasteiger partial charge is 0.317 e. The van der Waals surface area contributed by atoms with Crippen molar-refractivity contribution in [3.05, 3.63) is 0 Å². The Balaban J connectivity index is 2.42. The Morgan fingerprint density at radius 3 is 2.85 bits per heavy atom. The molecule has 0 aromatic carbocycles. The lowest BCUT2D eigenvalue weighted by molar-refractivity contribution is -0.143. The summed E-state index contributed by atoms with van der Waals surface area (Å²) < 4.78 is 5.36. The predicted molar refractivity (Wildman–Crippen MR) is 45.5 cm³/mol. The highest BCUT2D eigenvalue weighted by Crippen LogP contribution is 2.09. The van der Waals surface area contributed by atoms with Crippen molar-refractivity contribution in [2.24, 2.45) is 0 Å². The molecule has 0 amide bonds. The lowest BCUT2D eigenvalue weighted by Crippen LogP contribution is -2.49. The van der Waals surface area contributed by atoms with Crippen LogP contribution in [-0.4, -0.2) is 59.5 Å². The maximum absolute atomic E-state index is 10.4. The SMILES string of the molecule is CC1CN(CC(=O)O)CC(CO)O1. The summed E-state index contributed by atoms with van der Waals surface area (Å²) >= 11 is 0. The third-order valence-corrected chi connectivity index (χ3v) is 1.96. The van der Waals surface area contributed by atoms with E-state index in [-0.39, 0.29) is 25.4 Å². The highest BCUT2D eigenvalue weighted by Gasteiger charge is 2.25. The summed E-state index contributed by atoms with van der Waals surface area (Å²) in [6.45, 7) is 2.94. The monoisotopic (exact) mass is 189 g/mol. The van der Waals surface area contributed by atoms with Crippen molar-refractivity contribution in [2.45, 2.75) is 19.1 Å². The van der Waals surface area contributed by atoms with Crippen LogP contribution in [0.1, 0.15) is 6.92 Å². The van der Waals surface area contributed by atoms with Crippen molar-refractivity contribution in [3.63, 3.8) is 0 Å². The molecule has 76 valence electrons. The first kappa shape index (κ1) is 10.4. The summed E-state index contributed by atoms with van der Waals surface area (Å²) in [5, 5.41) is 17.4. The fourth-order valence-corrected chi connectivity index (χ4v) is 1.56. The number of aliphatic hydroxyl groups excluding tert-OH is 1. The van der Waals surface area contributed by atoms with E-state index in [2.05, 4.69) is 0 Å². The summed E-state index contributed by atoms with van der Waals surface area (Å²) in [5.74, 6) is -0.842. The molecule has 0 aliphatic carbocycles. The van der Waals surface area contributed by atoms with Gasteiger partial charge >= 0.3 is 5.97 Å². The minimum Gasteiger partial charge on any atom is -0.480 e. The molecule has 0 aromatic rings. The van der Waals surface area contributed by atoms with Crippen molar-refractivity contribution in [1.29, 1.82) is 0 Å². The Labute approximate surface area is 76.9 Å². The fraction of sp³-hybridized carbons (Fsp3) is 0.875. The molecule has 0 radical (unpaired) electrons. The van der Waals surface area contributed by atoms with Crippen molar-refractivity contribution < 1.29 is 19.7 Å². The largest absolute Gasteiger partial charge is 0.480 e. The number of carboxylic acid groups (broad SMARTS) is 1. The van der Waals surface area contributed by atoms with E-state index in [1.54, 1.807) is 4.90 Å². The normalized spacial score (nSPS) is 30.3. The molecule has 0 saturated carbocycles. The number of nitrogens with zero attached hydrogens (tertiary/aromatic N) is 1. The van der Waals surface area contributed by atoms with Gasteiger partial charge in [-0.2, -0.15) is 0 Å². The van der Waals surface area contributed by atoms with Gasteiger partial charge in [0.15, 0.2) is 0 Å². The van der Waals surface area contributed by atoms with Gasteiger partial charge in [-0.3, -0.25) is 9.69 Å². The zero-order valence-corrected chi connectivity index (χ0v) is 7.64. The van der Waals surface area contributed by atoms with Crippen molar-refractivity contribution in [1.82, 2.24) is 4.90 Å². The van der Waals surface area contributed by atoms with E-state index in [1.165, 1.54) is 0 Å². The molecule has 5 nitrogen and oxygen atoms in total. The molecule has 13 heavy (non-hydrogen) atoms. The Kier molecular flexibility index (Phi) is 3.65. The molecule has 1 heterocycles. The summed E-state index contributed by atoms with van der Waals surface area (Å²) in [6, 6.07) is 0. The van der Waals surface area contributed by atoms with E-state index in [9.17, 15) is 4.79 Å². The first-order valence-electron chi connectivity index (χ1n) is 4.32. The van der Waals surface area contributed by atoms with Crippen molar-refractivity contribution in [3.8, 4) is 0 Å². The average Bonchev–Trinajstić information content (AvgIpc) is 2.01. The van der Waals surface area contributed by atoms with Gasteiger partial charge in [0.05, 0.1) is 25.4 Å². The molecule has 1 saturated heterocycles. The maximum atomic E-state index is 10.4. The van der Waals surface area contributed by atoms with Gasteiger partial charge in [0.25, 0.3) is 0 Å². The minimum atomic E-state index is -0.842. The third kappa shape index (κ3) is 3.30.